The molecule has 3 aromatic rings. The summed E-state index contributed by atoms with van der Waals surface area (Å²) in [4.78, 5) is 16.8. The quantitative estimate of drug-likeness (QED) is 0.515. The number of nitrogens with zero attached hydrogens (tertiary/aromatic N) is 6. The lowest BCUT2D eigenvalue weighted by Crippen LogP contribution is -2.51. The Labute approximate surface area is 223 Å². The van der Waals surface area contributed by atoms with E-state index < -0.39 is 0 Å². The molecule has 9 heteroatoms. The van der Waals surface area contributed by atoms with E-state index in [4.69, 9.17) is 14.7 Å². The molecule has 9 nitrogen and oxygen atoms in total. The van der Waals surface area contributed by atoms with E-state index in [0.717, 1.165) is 85.6 Å². The Morgan fingerprint density at radius 1 is 1.13 bits per heavy atom. The number of ether oxygens (including phenoxy) is 1. The number of nitriles is 1. The van der Waals surface area contributed by atoms with Gasteiger partial charge in [0.25, 0.3) is 0 Å². The van der Waals surface area contributed by atoms with Gasteiger partial charge in [0.1, 0.15) is 11.6 Å². The Morgan fingerprint density at radius 2 is 2.03 bits per heavy atom. The molecule has 0 bridgehead atoms. The lowest BCUT2D eigenvalue weighted by atomic mass is 10.0. The number of fused-ring (bicyclic) bond motifs is 2. The summed E-state index contributed by atoms with van der Waals surface area (Å²) < 4.78 is 6.24. The SMILES string of the molecule is CN1CC[C@@H](COc2nc3c(c(N4CCN[C@@H](CC#N)C4)n2)CCN(c2cc(O)cc4ccccc24)C3)C1. The molecule has 4 heterocycles. The zero-order chi connectivity index (χ0) is 26.1. The van der Waals surface area contributed by atoms with Crippen LogP contribution in [0.15, 0.2) is 36.4 Å². The van der Waals surface area contributed by atoms with E-state index in [1.807, 2.05) is 30.3 Å². The Bertz CT molecular complexity index is 1360. The van der Waals surface area contributed by atoms with Crippen LogP contribution >= 0.6 is 0 Å². The highest BCUT2D eigenvalue weighted by atomic mass is 16.5. The van der Waals surface area contributed by atoms with Crippen LogP contribution in [0.2, 0.25) is 0 Å². The highest BCUT2D eigenvalue weighted by Crippen LogP contribution is 2.36. The van der Waals surface area contributed by atoms with Gasteiger partial charge in [-0.05, 0) is 37.9 Å². The van der Waals surface area contributed by atoms with Gasteiger partial charge in [-0.3, -0.25) is 0 Å². The molecule has 3 aliphatic heterocycles. The first kappa shape index (κ1) is 24.7. The largest absolute Gasteiger partial charge is 0.508 e. The summed E-state index contributed by atoms with van der Waals surface area (Å²) in [7, 11) is 2.15. The lowest BCUT2D eigenvalue weighted by Gasteiger charge is -2.37. The number of hydrogen-bond donors (Lipinski definition) is 2. The third kappa shape index (κ3) is 5.06. The van der Waals surface area contributed by atoms with Gasteiger partial charge in [0, 0.05) is 67.4 Å². The fourth-order valence-electron chi connectivity index (χ4n) is 6.08. The van der Waals surface area contributed by atoms with Gasteiger partial charge in [-0.2, -0.15) is 15.2 Å². The van der Waals surface area contributed by atoms with Crippen molar-refractivity contribution in [3.8, 4) is 17.8 Å². The molecule has 2 N–H and O–H groups in total. The number of phenols is 1. The predicted octanol–water partition coefficient (Wildman–Crippen LogP) is 2.92. The highest BCUT2D eigenvalue weighted by molar-refractivity contribution is 5.95. The minimum atomic E-state index is 0.122. The number of aromatic nitrogens is 2. The van der Waals surface area contributed by atoms with Crippen LogP contribution in [0.4, 0.5) is 11.5 Å². The second kappa shape index (κ2) is 10.6. The standard InChI is InChI=1S/C29H35N7O2/c1-34-11-7-20(16-34)19-38-29-32-26-18-35(27-15-23(37)14-21-4-2-3-5-24(21)27)12-8-25(26)28(33-29)36-13-10-31-22(17-36)6-9-30/h2-5,14-15,20,22,31,37H,6-8,10-13,16-19H2,1H3/t20-,22+/m1/s1. The minimum Gasteiger partial charge on any atom is -0.508 e. The first-order valence-corrected chi connectivity index (χ1v) is 13.6. The van der Waals surface area contributed by atoms with E-state index in [9.17, 15) is 10.4 Å². The molecule has 3 aliphatic rings. The summed E-state index contributed by atoms with van der Waals surface area (Å²) in [5.41, 5.74) is 3.15. The van der Waals surface area contributed by atoms with E-state index in [2.05, 4.69) is 39.2 Å². The number of piperazine rings is 1. The molecule has 6 rings (SSSR count). The molecule has 0 spiro atoms. The first-order chi connectivity index (χ1) is 18.6. The van der Waals surface area contributed by atoms with Gasteiger partial charge in [-0.1, -0.05) is 24.3 Å². The number of likely N-dealkylation sites (tertiary alicyclic amines) is 1. The first-order valence-electron chi connectivity index (χ1n) is 13.6. The van der Waals surface area contributed by atoms with E-state index in [0.29, 0.717) is 31.5 Å². The van der Waals surface area contributed by atoms with Gasteiger partial charge in [-0.15, -0.1) is 0 Å². The number of nitrogens with one attached hydrogen (secondary N) is 1. The molecular formula is C29H35N7O2. The molecule has 0 saturated carbocycles. The van der Waals surface area contributed by atoms with Crippen LogP contribution in [0.3, 0.4) is 0 Å². The average Bonchev–Trinajstić information content (AvgIpc) is 3.36. The Hall–Kier alpha value is -3.61. The number of rotatable bonds is 6. The van der Waals surface area contributed by atoms with Crippen LogP contribution in [-0.4, -0.2) is 78.9 Å². The van der Waals surface area contributed by atoms with Gasteiger partial charge < -0.3 is 29.9 Å². The van der Waals surface area contributed by atoms with Crippen molar-refractivity contribution in [2.24, 2.45) is 5.92 Å². The zero-order valence-electron chi connectivity index (χ0n) is 21.9. The number of aromatic hydroxyl groups is 1. The summed E-state index contributed by atoms with van der Waals surface area (Å²) in [5, 5.41) is 25.3. The van der Waals surface area contributed by atoms with Crippen molar-refractivity contribution in [3.05, 3.63) is 47.7 Å². The molecule has 2 fully saturated rings. The van der Waals surface area contributed by atoms with Crippen molar-refractivity contribution < 1.29 is 9.84 Å². The fraction of sp³-hybridized carbons (Fsp3) is 0.483. The summed E-state index contributed by atoms with van der Waals surface area (Å²) in [6, 6.07) is 14.7. The van der Waals surface area contributed by atoms with Crippen LogP contribution in [0, 0.1) is 17.2 Å². The number of benzene rings is 2. The maximum absolute atomic E-state index is 10.4. The Kier molecular flexibility index (Phi) is 6.92. The van der Waals surface area contributed by atoms with Crippen LogP contribution in [0.25, 0.3) is 10.8 Å². The van der Waals surface area contributed by atoms with Crippen LogP contribution in [0.5, 0.6) is 11.8 Å². The molecule has 1 aromatic heterocycles. The molecular weight excluding hydrogens is 478 g/mol. The smallest absolute Gasteiger partial charge is 0.318 e. The van der Waals surface area contributed by atoms with E-state index in [1.165, 1.54) is 0 Å². The highest BCUT2D eigenvalue weighted by Gasteiger charge is 2.30. The molecule has 38 heavy (non-hydrogen) atoms. The van der Waals surface area contributed by atoms with Crippen molar-refractivity contribution in [2.45, 2.75) is 31.8 Å². The monoisotopic (exact) mass is 513 g/mol. The molecule has 0 unspecified atom stereocenters. The van der Waals surface area contributed by atoms with Gasteiger partial charge >= 0.3 is 6.01 Å². The van der Waals surface area contributed by atoms with E-state index in [-0.39, 0.29) is 11.8 Å². The lowest BCUT2D eigenvalue weighted by molar-refractivity contribution is 0.231. The number of anilines is 2. The third-order valence-corrected chi connectivity index (χ3v) is 8.02. The van der Waals surface area contributed by atoms with Gasteiger partial charge in [-0.25, -0.2) is 0 Å². The van der Waals surface area contributed by atoms with E-state index in [1.54, 1.807) is 0 Å². The van der Waals surface area contributed by atoms with Gasteiger partial charge in [0.2, 0.25) is 0 Å². The van der Waals surface area contributed by atoms with Crippen LogP contribution in [0.1, 0.15) is 24.1 Å². The summed E-state index contributed by atoms with van der Waals surface area (Å²) in [6.45, 7) is 6.55. The predicted molar refractivity (Wildman–Crippen MR) is 148 cm³/mol. The maximum Gasteiger partial charge on any atom is 0.318 e. The van der Waals surface area contributed by atoms with Crippen molar-refractivity contribution in [1.82, 2.24) is 20.2 Å². The Balaban J connectivity index is 1.33. The summed E-state index contributed by atoms with van der Waals surface area (Å²) in [5.74, 6) is 1.69. The van der Waals surface area contributed by atoms with Crippen molar-refractivity contribution in [3.63, 3.8) is 0 Å². The fourth-order valence-corrected chi connectivity index (χ4v) is 6.08. The second-order valence-electron chi connectivity index (χ2n) is 10.8. The third-order valence-electron chi connectivity index (χ3n) is 8.02. The molecule has 2 atom stereocenters. The van der Waals surface area contributed by atoms with Gasteiger partial charge in [0.15, 0.2) is 0 Å². The number of phenolic OH excluding ortho intramolecular Hbond substituents is 1. The summed E-state index contributed by atoms with van der Waals surface area (Å²) >= 11 is 0. The van der Waals surface area contributed by atoms with Crippen molar-refractivity contribution in [2.75, 3.05) is 62.7 Å². The van der Waals surface area contributed by atoms with Crippen LogP contribution in [-0.2, 0) is 13.0 Å². The maximum atomic E-state index is 10.4. The normalized spacial score (nSPS) is 21.9. The molecule has 2 aromatic carbocycles. The topological polar surface area (TPSA) is 101 Å². The van der Waals surface area contributed by atoms with Crippen molar-refractivity contribution >= 4 is 22.3 Å². The number of hydrogen-bond acceptors (Lipinski definition) is 9. The Morgan fingerprint density at radius 3 is 2.87 bits per heavy atom. The van der Waals surface area contributed by atoms with Crippen LogP contribution < -0.4 is 19.9 Å². The molecule has 0 radical (unpaired) electrons. The zero-order valence-corrected chi connectivity index (χ0v) is 21.9. The summed E-state index contributed by atoms with van der Waals surface area (Å²) in [6.07, 6.45) is 2.40. The van der Waals surface area contributed by atoms with Gasteiger partial charge in [0.05, 0.1) is 31.3 Å². The molecule has 0 aliphatic carbocycles. The molecule has 2 saturated heterocycles. The second-order valence-corrected chi connectivity index (χ2v) is 10.8. The molecule has 0 amide bonds. The minimum absolute atomic E-state index is 0.122. The molecule has 198 valence electrons. The van der Waals surface area contributed by atoms with E-state index >= 15 is 0 Å². The average molecular weight is 514 g/mol. The van der Waals surface area contributed by atoms with Crippen molar-refractivity contribution in [1.29, 1.82) is 5.26 Å².